The van der Waals surface area contributed by atoms with E-state index in [4.69, 9.17) is 11.6 Å². The van der Waals surface area contributed by atoms with Gasteiger partial charge in [0, 0.05) is 36.0 Å². The summed E-state index contributed by atoms with van der Waals surface area (Å²) in [6, 6.07) is 2.75. The summed E-state index contributed by atoms with van der Waals surface area (Å²) in [5.41, 5.74) is 0. The van der Waals surface area contributed by atoms with E-state index in [0.717, 1.165) is 25.0 Å². The van der Waals surface area contributed by atoms with Gasteiger partial charge in [0.2, 0.25) is 21.8 Å². The molecule has 4 rings (SSSR count). The summed E-state index contributed by atoms with van der Waals surface area (Å²) in [5, 5.41) is 4.39. The number of halogens is 1. The average Bonchev–Trinajstić information content (AvgIpc) is 3.23. The van der Waals surface area contributed by atoms with Gasteiger partial charge in [0.05, 0.1) is 10.9 Å². The summed E-state index contributed by atoms with van der Waals surface area (Å²) in [5.74, 6) is 0.767. The Kier molecular flexibility index (Phi) is 7.26. The van der Waals surface area contributed by atoms with Crippen LogP contribution in [0.4, 0.5) is 0 Å². The van der Waals surface area contributed by atoms with Gasteiger partial charge < -0.3 is 15.1 Å². The number of piperidine rings is 2. The molecule has 0 spiro atoms. The first kappa shape index (κ1) is 23.7. The van der Waals surface area contributed by atoms with Gasteiger partial charge in [0.15, 0.2) is 0 Å². The molecule has 1 aromatic heterocycles. The molecule has 1 saturated carbocycles. The molecule has 32 heavy (non-hydrogen) atoms. The third kappa shape index (κ3) is 5.53. The van der Waals surface area contributed by atoms with Crippen molar-refractivity contribution in [2.75, 3.05) is 32.7 Å². The van der Waals surface area contributed by atoms with Crippen LogP contribution in [0, 0.1) is 11.8 Å². The topological polar surface area (TPSA) is 98.8 Å². The molecule has 1 aromatic rings. The van der Waals surface area contributed by atoms with Crippen molar-refractivity contribution in [3.05, 3.63) is 26.8 Å². The van der Waals surface area contributed by atoms with E-state index in [1.807, 2.05) is 11.8 Å². The second-order valence-electron chi connectivity index (χ2n) is 8.64. The zero-order valence-corrected chi connectivity index (χ0v) is 20.4. The van der Waals surface area contributed by atoms with Crippen LogP contribution in [0.5, 0.6) is 0 Å². The molecule has 4 unspecified atom stereocenters. The number of likely N-dealkylation sites (N-methyl/N-ethyl adjacent to an activating group) is 1. The Hall–Kier alpha value is -1.46. The Balaban J connectivity index is 1.34. The Bertz CT molecular complexity index is 996. The molecular weight excluding hydrogens is 472 g/mol. The van der Waals surface area contributed by atoms with Crippen LogP contribution < -0.4 is 10.0 Å². The fourth-order valence-electron chi connectivity index (χ4n) is 4.68. The standard InChI is InChI=1S/C21H29ClN4O4S2/c1-2-23-11-18-16-10-14(16)12-26(18)20(27)13-25-8-3-4-17(21(25)28)24-32(29,30)9-7-15-5-6-19(22)31-15/h5-7,9,14,16-18,23-24H,2-4,8,10-13H2,1H3/b9-7+. The van der Waals surface area contributed by atoms with Crippen LogP contribution >= 0.6 is 22.9 Å². The molecule has 1 aliphatic carbocycles. The van der Waals surface area contributed by atoms with E-state index >= 15 is 0 Å². The number of amides is 2. The minimum absolute atomic E-state index is 0.00264. The Morgan fingerprint density at radius 2 is 2.19 bits per heavy atom. The van der Waals surface area contributed by atoms with Gasteiger partial charge in [-0.1, -0.05) is 18.5 Å². The van der Waals surface area contributed by atoms with Crippen molar-refractivity contribution in [1.29, 1.82) is 0 Å². The maximum atomic E-state index is 13.0. The maximum Gasteiger partial charge on any atom is 0.242 e. The van der Waals surface area contributed by atoms with Crippen LogP contribution in [0.25, 0.3) is 6.08 Å². The Labute approximate surface area is 198 Å². The SMILES string of the molecule is CCNCC1C2CC2CN1C(=O)CN1CCCC(NS(=O)(=O)/C=C/c2ccc(Cl)s2)C1=O. The van der Waals surface area contributed by atoms with E-state index in [2.05, 4.69) is 10.0 Å². The van der Waals surface area contributed by atoms with E-state index in [1.54, 1.807) is 12.1 Å². The number of rotatable bonds is 9. The average molecular weight is 501 g/mol. The lowest BCUT2D eigenvalue weighted by Gasteiger charge is -2.34. The zero-order chi connectivity index (χ0) is 22.9. The van der Waals surface area contributed by atoms with E-state index in [1.165, 1.54) is 28.7 Å². The van der Waals surface area contributed by atoms with Crippen molar-refractivity contribution in [3.63, 3.8) is 0 Å². The van der Waals surface area contributed by atoms with Gasteiger partial charge in [-0.25, -0.2) is 8.42 Å². The van der Waals surface area contributed by atoms with Crippen molar-refractivity contribution in [3.8, 4) is 0 Å². The molecule has 0 aromatic carbocycles. The lowest BCUT2D eigenvalue weighted by atomic mass is 10.1. The Morgan fingerprint density at radius 1 is 1.38 bits per heavy atom. The molecule has 11 heteroatoms. The summed E-state index contributed by atoms with van der Waals surface area (Å²) >= 11 is 7.14. The number of nitrogens with zero attached hydrogens (tertiary/aromatic N) is 2. The van der Waals surface area contributed by atoms with Gasteiger partial charge in [-0.2, -0.15) is 4.72 Å². The predicted molar refractivity (Wildman–Crippen MR) is 126 cm³/mol. The third-order valence-electron chi connectivity index (χ3n) is 6.40. The van der Waals surface area contributed by atoms with Gasteiger partial charge in [-0.3, -0.25) is 9.59 Å². The quantitative estimate of drug-likeness (QED) is 0.538. The highest BCUT2D eigenvalue weighted by atomic mass is 35.5. The molecule has 4 atom stereocenters. The summed E-state index contributed by atoms with van der Waals surface area (Å²) in [6.45, 7) is 4.91. The van der Waals surface area contributed by atoms with Crippen molar-refractivity contribution >= 4 is 50.9 Å². The monoisotopic (exact) mass is 500 g/mol. The number of carbonyl (C=O) groups is 2. The molecule has 2 saturated heterocycles. The minimum atomic E-state index is -3.81. The summed E-state index contributed by atoms with van der Waals surface area (Å²) in [4.78, 5) is 30.0. The van der Waals surface area contributed by atoms with E-state index in [0.29, 0.717) is 40.4 Å². The van der Waals surface area contributed by atoms with Crippen LogP contribution in [0.2, 0.25) is 4.34 Å². The first-order valence-corrected chi connectivity index (χ1v) is 13.8. The van der Waals surface area contributed by atoms with Gasteiger partial charge in [-0.15, -0.1) is 11.3 Å². The summed E-state index contributed by atoms with van der Waals surface area (Å²) < 4.78 is 28.0. The highest BCUT2D eigenvalue weighted by molar-refractivity contribution is 7.92. The van der Waals surface area contributed by atoms with Gasteiger partial charge in [0.1, 0.15) is 6.04 Å². The summed E-state index contributed by atoms with van der Waals surface area (Å²) in [6.07, 6.45) is 3.69. The third-order valence-corrected chi connectivity index (χ3v) is 8.70. The lowest BCUT2D eigenvalue weighted by Crippen LogP contribution is -2.55. The van der Waals surface area contributed by atoms with Crippen LogP contribution in [0.3, 0.4) is 0 Å². The second kappa shape index (κ2) is 9.80. The van der Waals surface area contributed by atoms with E-state index < -0.39 is 16.1 Å². The number of sulfonamides is 1. The summed E-state index contributed by atoms with van der Waals surface area (Å²) in [7, 11) is -3.81. The number of thiophene rings is 1. The number of hydrogen-bond acceptors (Lipinski definition) is 6. The first-order valence-electron chi connectivity index (χ1n) is 11.0. The molecule has 176 valence electrons. The zero-order valence-electron chi connectivity index (χ0n) is 18.0. The van der Waals surface area contributed by atoms with Gasteiger partial charge >= 0.3 is 0 Å². The van der Waals surface area contributed by atoms with E-state index in [9.17, 15) is 18.0 Å². The van der Waals surface area contributed by atoms with Crippen LogP contribution in [0.15, 0.2) is 17.5 Å². The number of carbonyl (C=O) groups excluding carboxylic acids is 2. The number of hydrogen-bond donors (Lipinski definition) is 2. The van der Waals surface area contributed by atoms with Gasteiger partial charge in [0.25, 0.3) is 0 Å². The molecule has 2 aliphatic heterocycles. The molecule has 0 bridgehead atoms. The Morgan fingerprint density at radius 3 is 2.91 bits per heavy atom. The highest BCUT2D eigenvalue weighted by Gasteiger charge is 2.53. The number of nitrogens with one attached hydrogen (secondary N) is 2. The fraction of sp³-hybridized carbons (Fsp3) is 0.619. The van der Waals surface area contributed by atoms with E-state index in [-0.39, 0.29) is 24.4 Å². The van der Waals surface area contributed by atoms with Crippen molar-refractivity contribution in [1.82, 2.24) is 19.8 Å². The van der Waals surface area contributed by atoms with Crippen molar-refractivity contribution in [2.45, 2.75) is 38.3 Å². The minimum Gasteiger partial charge on any atom is -0.336 e. The van der Waals surface area contributed by atoms with Crippen LogP contribution in [-0.4, -0.2) is 74.8 Å². The molecule has 2 amide bonds. The predicted octanol–water partition coefficient (Wildman–Crippen LogP) is 1.74. The first-order chi connectivity index (χ1) is 15.3. The lowest BCUT2D eigenvalue weighted by molar-refractivity contribution is -0.143. The molecule has 3 aliphatic rings. The fourth-order valence-corrected chi connectivity index (χ4v) is 6.75. The van der Waals surface area contributed by atoms with Crippen LogP contribution in [0.1, 0.15) is 31.1 Å². The molecule has 0 radical (unpaired) electrons. The normalized spacial score (nSPS) is 27.9. The molecule has 3 heterocycles. The number of likely N-dealkylation sites (tertiary alicyclic amines) is 2. The molecule has 2 N–H and O–H groups in total. The highest BCUT2D eigenvalue weighted by Crippen LogP contribution is 2.49. The number of fused-ring (bicyclic) bond motifs is 1. The largest absolute Gasteiger partial charge is 0.336 e. The smallest absolute Gasteiger partial charge is 0.242 e. The van der Waals surface area contributed by atoms with Crippen molar-refractivity contribution < 1.29 is 18.0 Å². The molecule has 3 fully saturated rings. The molecule has 8 nitrogen and oxygen atoms in total. The van der Waals surface area contributed by atoms with Crippen molar-refractivity contribution in [2.24, 2.45) is 11.8 Å². The molecular formula is C21H29ClN4O4S2. The maximum absolute atomic E-state index is 13.0. The van der Waals surface area contributed by atoms with Gasteiger partial charge in [-0.05, 0) is 55.9 Å². The van der Waals surface area contributed by atoms with Crippen LogP contribution in [-0.2, 0) is 19.6 Å². The second-order valence-corrected chi connectivity index (χ2v) is 12.0.